The zero-order valence-electron chi connectivity index (χ0n) is 12.4. The minimum Gasteiger partial charge on any atom is -0.466 e. The first-order valence-electron chi connectivity index (χ1n) is 7.29. The number of rotatable bonds is 3. The lowest BCUT2D eigenvalue weighted by Crippen LogP contribution is -2.45. The molecular formula is C15H19N3O4. The van der Waals surface area contributed by atoms with Crippen molar-refractivity contribution >= 4 is 23.6 Å². The molecule has 2 rings (SSSR count). The van der Waals surface area contributed by atoms with Gasteiger partial charge in [-0.25, -0.2) is 4.98 Å². The highest BCUT2D eigenvalue weighted by Crippen LogP contribution is 2.19. The van der Waals surface area contributed by atoms with Crippen LogP contribution in [-0.4, -0.2) is 47.4 Å². The normalized spacial score (nSPS) is 15.2. The minimum atomic E-state index is -0.715. The van der Waals surface area contributed by atoms with Crippen molar-refractivity contribution in [3.63, 3.8) is 0 Å². The lowest BCUT2D eigenvalue weighted by atomic mass is 9.97. The fraction of sp³-hybridized carbons (Fsp3) is 0.467. The number of hydrogen-bond acceptors (Lipinski definition) is 5. The first kappa shape index (κ1) is 15.9. The number of piperidine rings is 1. The van der Waals surface area contributed by atoms with Crippen LogP contribution in [-0.2, 0) is 19.1 Å². The van der Waals surface area contributed by atoms with Gasteiger partial charge in [-0.05, 0) is 31.9 Å². The van der Waals surface area contributed by atoms with Gasteiger partial charge in [0.2, 0.25) is 0 Å². The van der Waals surface area contributed by atoms with E-state index in [1.54, 1.807) is 25.1 Å². The predicted octanol–water partition coefficient (Wildman–Crippen LogP) is 0.822. The Morgan fingerprint density at radius 2 is 2.05 bits per heavy atom. The maximum Gasteiger partial charge on any atom is 0.315 e. The van der Waals surface area contributed by atoms with Crippen molar-refractivity contribution in [3.05, 3.63) is 24.4 Å². The Balaban J connectivity index is 1.84. The molecule has 0 aromatic carbocycles. The lowest BCUT2D eigenvalue weighted by Gasteiger charge is -2.30. The zero-order valence-corrected chi connectivity index (χ0v) is 12.4. The fourth-order valence-electron chi connectivity index (χ4n) is 2.33. The highest BCUT2D eigenvalue weighted by Gasteiger charge is 2.30. The average Bonchev–Trinajstić information content (AvgIpc) is 2.55. The molecule has 7 heteroatoms. The maximum absolute atomic E-state index is 12.1. The molecule has 1 aliphatic heterocycles. The number of hydrogen-bond donors (Lipinski definition) is 1. The Bertz CT molecular complexity index is 539. The van der Waals surface area contributed by atoms with Crippen LogP contribution in [0.2, 0.25) is 0 Å². The summed E-state index contributed by atoms with van der Waals surface area (Å²) < 4.78 is 4.97. The van der Waals surface area contributed by atoms with Gasteiger partial charge in [0.25, 0.3) is 0 Å². The second-order valence-electron chi connectivity index (χ2n) is 4.99. The van der Waals surface area contributed by atoms with Crippen LogP contribution in [0.5, 0.6) is 0 Å². The van der Waals surface area contributed by atoms with Gasteiger partial charge in [0.1, 0.15) is 5.82 Å². The molecule has 7 nitrogen and oxygen atoms in total. The number of carbonyl (C=O) groups excluding carboxylic acids is 3. The van der Waals surface area contributed by atoms with Gasteiger partial charge in [-0.15, -0.1) is 0 Å². The predicted molar refractivity (Wildman–Crippen MR) is 78.8 cm³/mol. The first-order chi connectivity index (χ1) is 10.6. The van der Waals surface area contributed by atoms with Crippen LogP contribution in [0.4, 0.5) is 5.82 Å². The summed E-state index contributed by atoms with van der Waals surface area (Å²) >= 11 is 0. The Kier molecular flexibility index (Phi) is 5.46. The third kappa shape index (κ3) is 4.03. The first-order valence-corrected chi connectivity index (χ1v) is 7.29. The molecule has 0 bridgehead atoms. The van der Waals surface area contributed by atoms with Gasteiger partial charge < -0.3 is 15.0 Å². The number of esters is 1. The molecular weight excluding hydrogens is 286 g/mol. The minimum absolute atomic E-state index is 0.192. The van der Waals surface area contributed by atoms with Gasteiger partial charge in [0.15, 0.2) is 0 Å². The molecule has 2 amide bonds. The molecule has 2 heterocycles. The fourth-order valence-corrected chi connectivity index (χ4v) is 2.33. The van der Waals surface area contributed by atoms with Crippen molar-refractivity contribution in [2.75, 3.05) is 25.0 Å². The summed E-state index contributed by atoms with van der Waals surface area (Å²) in [4.78, 5) is 41.0. The van der Waals surface area contributed by atoms with E-state index >= 15 is 0 Å². The summed E-state index contributed by atoms with van der Waals surface area (Å²) in [5.74, 6) is -1.40. The van der Waals surface area contributed by atoms with E-state index < -0.39 is 11.8 Å². The topological polar surface area (TPSA) is 88.6 Å². The summed E-state index contributed by atoms with van der Waals surface area (Å²) in [6.45, 7) is 2.86. The van der Waals surface area contributed by atoms with Gasteiger partial charge in [-0.2, -0.15) is 0 Å². The van der Waals surface area contributed by atoms with Crippen molar-refractivity contribution in [3.8, 4) is 0 Å². The van der Waals surface area contributed by atoms with Gasteiger partial charge in [0.05, 0.1) is 12.5 Å². The molecule has 1 fully saturated rings. The average molecular weight is 305 g/mol. The molecule has 118 valence electrons. The van der Waals surface area contributed by atoms with Gasteiger partial charge >= 0.3 is 17.8 Å². The quantitative estimate of drug-likeness (QED) is 0.660. The third-order valence-electron chi connectivity index (χ3n) is 3.50. The zero-order chi connectivity index (χ0) is 15.9. The van der Waals surface area contributed by atoms with E-state index in [-0.39, 0.29) is 11.9 Å². The number of nitrogens with one attached hydrogen (secondary N) is 1. The van der Waals surface area contributed by atoms with Crippen LogP contribution >= 0.6 is 0 Å². The van der Waals surface area contributed by atoms with Gasteiger partial charge in [-0.1, -0.05) is 6.07 Å². The van der Waals surface area contributed by atoms with E-state index in [0.29, 0.717) is 38.4 Å². The maximum atomic E-state index is 12.1. The lowest BCUT2D eigenvalue weighted by molar-refractivity contribution is -0.152. The van der Waals surface area contributed by atoms with E-state index in [1.165, 1.54) is 11.1 Å². The van der Waals surface area contributed by atoms with Crippen LogP contribution in [0.3, 0.4) is 0 Å². The highest BCUT2D eigenvalue weighted by atomic mass is 16.5. The molecule has 1 aromatic rings. The molecule has 1 N–H and O–H groups in total. The largest absolute Gasteiger partial charge is 0.466 e. The van der Waals surface area contributed by atoms with E-state index in [4.69, 9.17) is 4.74 Å². The molecule has 1 aromatic heterocycles. The molecule has 0 spiro atoms. The van der Waals surface area contributed by atoms with E-state index in [1.807, 2.05) is 0 Å². The Labute approximate surface area is 128 Å². The number of likely N-dealkylation sites (tertiary alicyclic amines) is 1. The summed E-state index contributed by atoms with van der Waals surface area (Å²) in [6, 6.07) is 5.05. The summed E-state index contributed by atoms with van der Waals surface area (Å²) in [7, 11) is 0. The molecule has 0 unspecified atom stereocenters. The monoisotopic (exact) mass is 305 g/mol. The number of nitrogens with zero attached hydrogens (tertiary/aromatic N) is 2. The molecule has 1 saturated heterocycles. The van der Waals surface area contributed by atoms with Crippen LogP contribution < -0.4 is 5.32 Å². The van der Waals surface area contributed by atoms with Crippen LogP contribution in [0.1, 0.15) is 19.8 Å². The Morgan fingerprint density at radius 1 is 1.32 bits per heavy atom. The number of carbonyl (C=O) groups is 3. The molecule has 22 heavy (non-hydrogen) atoms. The SMILES string of the molecule is CCOC(=O)C1CCN(C(=O)C(=O)Nc2ccccn2)CC1. The standard InChI is InChI=1S/C15H19N3O4/c1-2-22-15(21)11-6-9-18(10-7-11)14(20)13(19)17-12-5-3-4-8-16-12/h3-5,8,11H,2,6-7,9-10H2,1H3,(H,16,17,19). The molecule has 0 aliphatic carbocycles. The summed E-state index contributed by atoms with van der Waals surface area (Å²) in [5.41, 5.74) is 0. The van der Waals surface area contributed by atoms with Crippen molar-refractivity contribution in [1.29, 1.82) is 0 Å². The van der Waals surface area contributed by atoms with Gasteiger partial charge in [0, 0.05) is 19.3 Å². The number of anilines is 1. The number of ether oxygens (including phenoxy) is 1. The van der Waals surface area contributed by atoms with Crippen LogP contribution in [0, 0.1) is 5.92 Å². The van der Waals surface area contributed by atoms with Crippen molar-refractivity contribution < 1.29 is 19.1 Å². The van der Waals surface area contributed by atoms with Crippen molar-refractivity contribution in [1.82, 2.24) is 9.88 Å². The smallest absolute Gasteiger partial charge is 0.315 e. The Hall–Kier alpha value is -2.44. The van der Waals surface area contributed by atoms with Crippen molar-refractivity contribution in [2.24, 2.45) is 5.92 Å². The van der Waals surface area contributed by atoms with Gasteiger partial charge in [-0.3, -0.25) is 14.4 Å². The number of amides is 2. The number of aromatic nitrogens is 1. The summed E-state index contributed by atoms with van der Waals surface area (Å²) in [6.07, 6.45) is 2.56. The molecule has 0 saturated carbocycles. The molecule has 0 radical (unpaired) electrons. The second-order valence-corrected chi connectivity index (χ2v) is 4.99. The molecule has 0 atom stereocenters. The van der Waals surface area contributed by atoms with Crippen LogP contribution in [0.25, 0.3) is 0 Å². The molecule has 1 aliphatic rings. The number of pyridine rings is 1. The van der Waals surface area contributed by atoms with Crippen LogP contribution in [0.15, 0.2) is 24.4 Å². The Morgan fingerprint density at radius 3 is 2.64 bits per heavy atom. The highest BCUT2D eigenvalue weighted by molar-refractivity contribution is 6.39. The van der Waals surface area contributed by atoms with E-state index in [0.717, 1.165) is 0 Å². The second kappa shape index (κ2) is 7.53. The van der Waals surface area contributed by atoms with E-state index in [2.05, 4.69) is 10.3 Å². The van der Waals surface area contributed by atoms with E-state index in [9.17, 15) is 14.4 Å². The van der Waals surface area contributed by atoms with Crippen molar-refractivity contribution in [2.45, 2.75) is 19.8 Å². The third-order valence-corrected chi connectivity index (χ3v) is 3.50. The summed E-state index contributed by atoms with van der Waals surface area (Å²) in [5, 5.41) is 2.46.